The summed E-state index contributed by atoms with van der Waals surface area (Å²) in [5.41, 5.74) is 11.0. The second-order valence-electron chi connectivity index (χ2n) is 30.6. The number of nitrogens with one attached hydrogen (secondary N) is 1. The Hall–Kier alpha value is -7.19. The van der Waals surface area contributed by atoms with E-state index in [0.29, 0.717) is 123 Å². The van der Waals surface area contributed by atoms with Crippen molar-refractivity contribution in [2.45, 2.75) is 35.1 Å². The van der Waals surface area contributed by atoms with Crippen molar-refractivity contribution in [1.82, 2.24) is 25.1 Å². The van der Waals surface area contributed by atoms with E-state index in [0.717, 1.165) is 119 Å². The summed E-state index contributed by atoms with van der Waals surface area (Å²) in [6, 6.07) is 84.9. The van der Waals surface area contributed by atoms with E-state index in [9.17, 15) is 18.1 Å². The Morgan fingerprint density at radius 1 is 0.331 bits per heavy atom. The van der Waals surface area contributed by atoms with E-state index < -0.39 is 9.84 Å². The molecule has 12 aromatic carbocycles. The van der Waals surface area contributed by atoms with Crippen LogP contribution < -0.4 is 35.7 Å². The molecule has 0 spiro atoms. The van der Waals surface area contributed by atoms with Gasteiger partial charge in [-0.05, 0) is 192 Å². The van der Waals surface area contributed by atoms with Gasteiger partial charge in [0.05, 0.1) is 114 Å². The molecule has 0 aromatic heterocycles. The number of rotatable bonds is 17. The lowest BCUT2D eigenvalue weighted by molar-refractivity contribution is 0.0914. The fourth-order valence-corrected chi connectivity index (χ4v) is 20.7. The number of anilines is 5. The molecule has 0 aliphatic carbocycles. The number of piperazine rings is 5. The van der Waals surface area contributed by atoms with E-state index in [1.54, 1.807) is 54.6 Å². The van der Waals surface area contributed by atoms with Gasteiger partial charge in [-0.25, -0.2) is 13.4 Å². The Kier molecular flexibility index (Phi) is 35.5. The number of Topliss-reactive ketones (excluding diaryl/α,β-unsaturated/α-hetero) is 1. The number of hydrazine groups is 1. The highest BCUT2D eigenvalue weighted by molar-refractivity contribution is 7.91. The predicted molar refractivity (Wildman–Crippen MR) is 533 cm³/mol. The molecule has 5 aliphatic rings. The minimum Gasteiger partial charge on any atom is -0.361 e. The van der Waals surface area contributed by atoms with Crippen LogP contribution >= 0.6 is 174 Å². The highest BCUT2D eigenvalue weighted by Gasteiger charge is 2.36. The molecule has 5 atom stereocenters. The molecule has 0 bridgehead atoms. The zero-order valence-electron chi connectivity index (χ0n) is 68.1. The lowest BCUT2D eigenvalue weighted by Crippen LogP contribution is -2.51. The van der Waals surface area contributed by atoms with Gasteiger partial charge in [-0.3, -0.25) is 25.4 Å². The molecule has 16 nitrogen and oxygen atoms in total. The number of carbonyl (C=O) groups is 1. The van der Waals surface area contributed by atoms with Crippen molar-refractivity contribution in [2.75, 3.05) is 135 Å². The third kappa shape index (κ3) is 26.4. The van der Waals surface area contributed by atoms with Gasteiger partial charge < -0.3 is 29.8 Å². The summed E-state index contributed by atoms with van der Waals surface area (Å²) < 4.78 is 25.8. The first-order valence-corrected chi connectivity index (χ1v) is 47.9. The van der Waals surface area contributed by atoms with Gasteiger partial charge in [-0.1, -0.05) is 283 Å². The van der Waals surface area contributed by atoms with Crippen molar-refractivity contribution < 1.29 is 13.2 Å². The summed E-state index contributed by atoms with van der Waals surface area (Å²) in [6.07, 6.45) is 0. The van der Waals surface area contributed by atoms with Crippen LogP contribution in [0, 0.1) is 4.91 Å². The van der Waals surface area contributed by atoms with Crippen LogP contribution in [0.3, 0.4) is 0 Å². The Bertz CT molecular complexity index is 5800. The molecule has 662 valence electrons. The molecule has 0 saturated carbocycles. The number of ketones is 1. The van der Waals surface area contributed by atoms with Crippen molar-refractivity contribution in [2.24, 2.45) is 11.1 Å². The number of halogens is 15. The average Bonchev–Trinajstić information content (AvgIpc) is 0.805. The third-order valence-corrected chi connectivity index (χ3v) is 28.0. The van der Waals surface area contributed by atoms with Crippen molar-refractivity contribution in [1.29, 1.82) is 0 Å². The van der Waals surface area contributed by atoms with E-state index in [1.165, 1.54) is 10.6 Å². The largest absolute Gasteiger partial charge is 0.361 e. The molecule has 0 amide bonds. The molecule has 12 aromatic rings. The number of nitroso groups, excluding NO2 is 1. The molecule has 0 radical (unpaired) electrons. The van der Waals surface area contributed by atoms with Crippen molar-refractivity contribution in [3.8, 4) is 0 Å². The van der Waals surface area contributed by atoms with Crippen molar-refractivity contribution in [3.63, 3.8) is 0 Å². The highest BCUT2D eigenvalue weighted by Crippen LogP contribution is 2.44. The maximum absolute atomic E-state index is 12.9. The van der Waals surface area contributed by atoms with E-state index in [2.05, 4.69) is 52.1 Å². The van der Waals surface area contributed by atoms with Gasteiger partial charge in [0.15, 0.2) is 15.6 Å². The summed E-state index contributed by atoms with van der Waals surface area (Å²) >= 11 is 92.5. The molecule has 127 heavy (non-hydrogen) atoms. The second kappa shape index (κ2) is 46.3. The SMILES string of the molecule is Clc1ccc(C2CNCCN2c2ccc(Cl)cc2Cl)cc1.NN1CCN(c2ccc(Cl)cc2Cl)C(c2ccc(Cl)cc2)C1.O=C(CN1CCN(c2ccc(Cl)cc2Cl)C(c2ccc(Cl)cc2)C1)c1ccccc1.O=NN1CCN(c2ccc(Cl)cc2Cl)C(c2ccc(Cl)cc2)C1.O=S(=O)(CN1CCN(c2ccc(Cl)cc2Cl)C(c2ccc(Cl)cc2)C1)c1ccccc1. The Labute approximate surface area is 816 Å². The molecule has 5 fully saturated rings. The summed E-state index contributed by atoms with van der Waals surface area (Å²) in [7, 11) is -3.43. The van der Waals surface area contributed by atoms with Gasteiger partial charge in [0.2, 0.25) is 0 Å². The fourth-order valence-electron chi connectivity index (χ4n) is 16.0. The normalized spacial score (nSPS) is 18.1. The Morgan fingerprint density at radius 2 is 0.630 bits per heavy atom. The van der Waals surface area contributed by atoms with Crippen LogP contribution in [0.25, 0.3) is 0 Å². The maximum Gasteiger partial charge on any atom is 0.191 e. The minimum atomic E-state index is -3.43. The van der Waals surface area contributed by atoms with Crippen LogP contribution in [0.1, 0.15) is 68.4 Å². The van der Waals surface area contributed by atoms with Crippen LogP contribution in [-0.4, -0.2) is 145 Å². The van der Waals surface area contributed by atoms with Gasteiger partial charge >= 0.3 is 0 Å². The van der Waals surface area contributed by atoms with Crippen LogP contribution in [0.4, 0.5) is 28.4 Å². The van der Waals surface area contributed by atoms with Crippen LogP contribution in [0.5, 0.6) is 0 Å². The molecule has 32 heteroatoms. The van der Waals surface area contributed by atoms with Gasteiger partial charge in [-0.2, -0.15) is 0 Å². The van der Waals surface area contributed by atoms with E-state index in [1.807, 2.05) is 216 Å². The number of sulfone groups is 1. The Balaban J connectivity index is 0.000000137. The summed E-state index contributed by atoms with van der Waals surface area (Å²) in [4.78, 5) is 39.4. The number of hydrogen-bond acceptors (Lipinski definition) is 15. The minimum absolute atomic E-state index is 0.0384. The third-order valence-electron chi connectivity index (χ3n) is 22.3. The maximum atomic E-state index is 12.9. The number of carbonyl (C=O) groups excluding carboxylic acids is 1. The second-order valence-corrected chi connectivity index (χ2v) is 39.0. The monoisotopic (exact) mass is 2020 g/mol. The summed E-state index contributed by atoms with van der Waals surface area (Å²) in [5.74, 6) is 6.11. The quantitative estimate of drug-likeness (QED) is 0.0506. The first-order chi connectivity index (χ1) is 61.1. The number of nitrogens with two attached hydrogens (primary N) is 1. The van der Waals surface area contributed by atoms with E-state index in [4.69, 9.17) is 180 Å². The van der Waals surface area contributed by atoms with Gasteiger partial charge in [0, 0.05) is 141 Å². The molecule has 5 aliphatic heterocycles. The van der Waals surface area contributed by atoms with Crippen molar-refractivity contribution >= 4 is 218 Å². The van der Waals surface area contributed by atoms with E-state index in [-0.39, 0.29) is 41.9 Å². The predicted octanol–water partition coefficient (Wildman–Crippen LogP) is 26.7. The lowest BCUT2D eigenvalue weighted by Gasteiger charge is -2.43. The lowest BCUT2D eigenvalue weighted by atomic mass is 10.0. The molecule has 5 saturated heterocycles. The molecule has 17 rings (SSSR count). The molecular formula is C95H87Cl15N12O4S. The number of benzene rings is 12. The average molecular weight is 2020 g/mol. The summed E-state index contributed by atoms with van der Waals surface area (Å²) in [6.45, 7) is 11.0. The zero-order valence-corrected chi connectivity index (χ0v) is 80.3. The molecular weight excluding hydrogens is 1940 g/mol. The van der Waals surface area contributed by atoms with Gasteiger partial charge in [0.1, 0.15) is 5.88 Å². The zero-order chi connectivity index (χ0) is 90.0. The van der Waals surface area contributed by atoms with Crippen LogP contribution in [0.15, 0.2) is 283 Å². The van der Waals surface area contributed by atoms with Crippen molar-refractivity contribution in [3.05, 3.63) is 387 Å². The van der Waals surface area contributed by atoms with Gasteiger partial charge in [0.25, 0.3) is 0 Å². The number of nitrogens with zero attached hydrogens (tertiary/aromatic N) is 10. The molecule has 3 N–H and O–H groups in total. The topological polar surface area (TPSA) is 148 Å². The van der Waals surface area contributed by atoms with Crippen LogP contribution in [0.2, 0.25) is 75.3 Å². The standard InChI is InChI=1S/C24H21Cl3N2O.C23H21Cl3N2O2S.C16H14Cl3N3O.C16H16Cl3N3.C16H15Cl3N2/c25-19-8-6-17(7-9-19)23-15-28(16-24(30)18-4-2-1-3-5-18)12-13-29(23)22-11-10-20(26)14-21(22)27;24-18-8-6-17(7-9-18)23-15-27(16-31(29,30)20-4-2-1-3-5-20)12-13-28(23)22-11-10-19(25)14-21(22)26;17-12-3-1-11(2-4-12)16-10-21(20-23)7-8-22(16)15-6-5-13(18)9-14(15)19;17-12-3-1-11(2-4-12)16-10-21(20)7-8-22(16)15-6-5-13(18)9-14(15)19;17-12-3-1-11(2-4-12)16-10-20-7-8-21(16)15-6-5-13(18)9-14(15)19/h1-11,14,23H,12-13,15-16H2;1-11,14,23H,12-13,15-16H2;1-6,9,16H,7-8,10H2;1-6,9,16H,7-8,10,20H2;1-6,9,16,20H,7-8,10H2. The molecule has 5 heterocycles. The Morgan fingerprint density at radius 3 is 0.992 bits per heavy atom. The molecule has 5 unspecified atom stereocenters. The number of hydrogen-bond donors (Lipinski definition) is 2. The first kappa shape index (κ1) is 97.3. The van der Waals surface area contributed by atoms with Crippen LogP contribution in [-0.2, 0) is 9.84 Å². The first-order valence-electron chi connectivity index (χ1n) is 40.6. The summed E-state index contributed by atoms with van der Waals surface area (Å²) in [5, 5.41) is 19.5. The van der Waals surface area contributed by atoms with Gasteiger partial charge in [-0.15, -0.1) is 4.91 Å². The smallest absolute Gasteiger partial charge is 0.191 e. The van der Waals surface area contributed by atoms with E-state index >= 15 is 0 Å². The fraction of sp³-hybridized carbons (Fsp3) is 0.232. The highest BCUT2D eigenvalue weighted by atomic mass is 35.5.